The maximum atomic E-state index is 12.6. The van der Waals surface area contributed by atoms with Gasteiger partial charge >= 0.3 is 0 Å². The van der Waals surface area contributed by atoms with Crippen LogP contribution in [0.25, 0.3) is 0 Å². The van der Waals surface area contributed by atoms with Gasteiger partial charge in [-0.3, -0.25) is 14.4 Å². The second-order valence-corrected chi connectivity index (χ2v) is 6.66. The number of piperidine rings is 1. The van der Waals surface area contributed by atoms with Crippen LogP contribution in [0.4, 0.5) is 0 Å². The molecule has 1 amide bonds. The molecular weight excluding hydrogens is 385 g/mol. The molecule has 8 heteroatoms. The Morgan fingerprint density at radius 2 is 1.96 bits per heavy atom. The van der Waals surface area contributed by atoms with Crippen LogP contribution >= 0.6 is 24.8 Å². The van der Waals surface area contributed by atoms with Crippen LogP contribution in [0.2, 0.25) is 0 Å². The maximum Gasteiger partial charge on any atom is 0.234 e. The Morgan fingerprint density at radius 1 is 1.26 bits per heavy atom. The number of nitrogens with one attached hydrogen (secondary N) is 2. The zero-order valence-electron chi connectivity index (χ0n) is 15.6. The molecule has 1 atom stereocenters. The largest absolute Gasteiger partial charge is 0.346 e. The molecule has 0 aliphatic carbocycles. The van der Waals surface area contributed by atoms with Crippen LogP contribution < -0.4 is 10.6 Å². The summed E-state index contributed by atoms with van der Waals surface area (Å²) in [5.41, 5.74) is 1.09. The monoisotopic (exact) mass is 413 g/mol. The molecule has 6 nitrogen and oxygen atoms in total. The van der Waals surface area contributed by atoms with Crippen molar-refractivity contribution in [3.05, 3.63) is 54.4 Å². The molecular formula is C19H29Cl2N5O. The molecule has 1 aromatic heterocycles. The van der Waals surface area contributed by atoms with Crippen molar-refractivity contribution in [3.63, 3.8) is 0 Å². The second-order valence-electron chi connectivity index (χ2n) is 6.66. The summed E-state index contributed by atoms with van der Waals surface area (Å²) in [6.45, 7) is 3.11. The molecule has 1 fully saturated rings. The van der Waals surface area contributed by atoms with E-state index in [1.54, 1.807) is 6.20 Å². The summed E-state index contributed by atoms with van der Waals surface area (Å²) >= 11 is 0. The Bertz CT molecular complexity index is 647. The van der Waals surface area contributed by atoms with Crippen molar-refractivity contribution in [2.24, 2.45) is 0 Å². The molecule has 1 aliphatic heterocycles. The van der Waals surface area contributed by atoms with E-state index < -0.39 is 0 Å². The molecule has 0 bridgehead atoms. The summed E-state index contributed by atoms with van der Waals surface area (Å²) in [5.74, 6) is 0.0574. The summed E-state index contributed by atoms with van der Waals surface area (Å²) < 4.78 is 1.86. The average Bonchev–Trinajstić information content (AvgIpc) is 3.16. The van der Waals surface area contributed by atoms with Crippen molar-refractivity contribution in [2.45, 2.75) is 31.5 Å². The van der Waals surface area contributed by atoms with Gasteiger partial charge in [0.15, 0.2) is 0 Å². The van der Waals surface area contributed by atoms with Gasteiger partial charge in [0.05, 0.1) is 19.1 Å². The highest BCUT2D eigenvalue weighted by Gasteiger charge is 2.21. The van der Waals surface area contributed by atoms with E-state index in [1.165, 1.54) is 0 Å². The Kier molecular flexibility index (Phi) is 10.4. The van der Waals surface area contributed by atoms with E-state index >= 15 is 0 Å². The molecule has 3 rings (SSSR count). The van der Waals surface area contributed by atoms with E-state index in [-0.39, 0.29) is 36.8 Å². The number of amides is 1. The topological polar surface area (TPSA) is 62.2 Å². The molecule has 0 radical (unpaired) electrons. The molecule has 2 aromatic rings. The van der Waals surface area contributed by atoms with E-state index in [1.807, 2.05) is 54.3 Å². The lowest BCUT2D eigenvalue weighted by Crippen LogP contribution is -2.46. The molecule has 1 aliphatic rings. The quantitative estimate of drug-likeness (QED) is 0.730. The highest BCUT2D eigenvalue weighted by molar-refractivity contribution is 5.85. The average molecular weight is 414 g/mol. The van der Waals surface area contributed by atoms with Gasteiger partial charge in [-0.15, -0.1) is 24.8 Å². The number of likely N-dealkylation sites (N-methyl/N-ethyl adjacent to an activating group) is 1. The number of aromatic nitrogens is 2. The molecule has 27 heavy (non-hydrogen) atoms. The fraction of sp³-hybridized carbons (Fsp3) is 0.474. The predicted molar refractivity (Wildman–Crippen MR) is 113 cm³/mol. The summed E-state index contributed by atoms with van der Waals surface area (Å²) in [6.07, 6.45) is 5.87. The number of nitrogens with zero attached hydrogens (tertiary/aromatic N) is 3. The van der Waals surface area contributed by atoms with E-state index in [0.29, 0.717) is 19.1 Å². The molecule has 150 valence electrons. The molecule has 1 unspecified atom stereocenters. The SMILES string of the molecule is CN(CC(=O)NC(Cn1cccn1)c1ccccc1)C1CCNCC1.Cl.Cl. The number of hydrogen-bond donors (Lipinski definition) is 2. The number of benzene rings is 1. The van der Waals surface area contributed by atoms with Gasteiger partial charge in [-0.05, 0) is 44.6 Å². The first kappa shape index (κ1) is 23.4. The molecule has 0 saturated carbocycles. The lowest BCUT2D eigenvalue weighted by atomic mass is 10.1. The first-order chi connectivity index (χ1) is 12.2. The smallest absolute Gasteiger partial charge is 0.234 e. The van der Waals surface area contributed by atoms with Crippen LogP contribution in [0.3, 0.4) is 0 Å². The predicted octanol–water partition coefficient (Wildman–Crippen LogP) is 2.27. The molecule has 0 spiro atoms. The van der Waals surface area contributed by atoms with Gasteiger partial charge in [0.25, 0.3) is 0 Å². The third-order valence-electron chi connectivity index (χ3n) is 4.79. The number of carbonyl (C=O) groups excluding carboxylic acids is 1. The summed E-state index contributed by atoms with van der Waals surface area (Å²) in [5, 5.41) is 10.8. The van der Waals surface area contributed by atoms with E-state index in [2.05, 4.69) is 20.6 Å². The van der Waals surface area contributed by atoms with Crippen molar-refractivity contribution in [1.82, 2.24) is 25.3 Å². The Labute approximate surface area is 173 Å². The van der Waals surface area contributed by atoms with E-state index in [9.17, 15) is 4.79 Å². The second kappa shape index (κ2) is 12.0. The highest BCUT2D eigenvalue weighted by Crippen LogP contribution is 2.15. The van der Waals surface area contributed by atoms with Crippen LogP contribution in [0, 0.1) is 0 Å². The number of hydrogen-bond acceptors (Lipinski definition) is 4. The third kappa shape index (κ3) is 7.14. The molecule has 1 saturated heterocycles. The van der Waals surface area contributed by atoms with Gasteiger partial charge in [0.1, 0.15) is 0 Å². The molecule has 2 heterocycles. The summed E-state index contributed by atoms with van der Waals surface area (Å²) in [4.78, 5) is 14.8. The number of rotatable bonds is 7. The molecule has 2 N–H and O–H groups in total. The number of carbonyl (C=O) groups is 1. The minimum Gasteiger partial charge on any atom is -0.346 e. The van der Waals surface area contributed by atoms with Gasteiger partial charge in [0.2, 0.25) is 5.91 Å². The summed E-state index contributed by atoms with van der Waals surface area (Å²) in [6, 6.07) is 12.4. The fourth-order valence-corrected chi connectivity index (χ4v) is 3.36. The van der Waals surface area contributed by atoms with Crippen LogP contribution in [-0.2, 0) is 11.3 Å². The van der Waals surface area contributed by atoms with Gasteiger partial charge in [0, 0.05) is 18.4 Å². The minimum atomic E-state index is -0.0879. The highest BCUT2D eigenvalue weighted by atomic mass is 35.5. The van der Waals surface area contributed by atoms with Crippen molar-refractivity contribution < 1.29 is 4.79 Å². The Hall–Kier alpha value is -1.60. The van der Waals surface area contributed by atoms with Crippen LogP contribution in [0.15, 0.2) is 48.8 Å². The normalized spacial score (nSPS) is 15.5. The first-order valence-electron chi connectivity index (χ1n) is 8.95. The van der Waals surface area contributed by atoms with Gasteiger partial charge < -0.3 is 10.6 Å². The van der Waals surface area contributed by atoms with Crippen LogP contribution in [0.1, 0.15) is 24.4 Å². The zero-order chi connectivity index (χ0) is 17.5. The van der Waals surface area contributed by atoms with Crippen molar-refractivity contribution >= 4 is 30.7 Å². The van der Waals surface area contributed by atoms with Gasteiger partial charge in [-0.2, -0.15) is 5.10 Å². The van der Waals surface area contributed by atoms with Gasteiger partial charge in [-0.25, -0.2) is 0 Å². The van der Waals surface area contributed by atoms with Gasteiger partial charge in [-0.1, -0.05) is 30.3 Å². The van der Waals surface area contributed by atoms with Crippen molar-refractivity contribution in [3.8, 4) is 0 Å². The Balaban J connectivity index is 0.00000182. The van der Waals surface area contributed by atoms with Crippen LogP contribution in [-0.4, -0.2) is 53.3 Å². The lowest BCUT2D eigenvalue weighted by molar-refractivity contribution is -0.123. The Morgan fingerprint density at radius 3 is 2.59 bits per heavy atom. The number of halogens is 2. The van der Waals surface area contributed by atoms with E-state index in [0.717, 1.165) is 31.5 Å². The first-order valence-corrected chi connectivity index (χ1v) is 8.95. The third-order valence-corrected chi connectivity index (χ3v) is 4.79. The van der Waals surface area contributed by atoms with Crippen molar-refractivity contribution in [2.75, 3.05) is 26.7 Å². The van der Waals surface area contributed by atoms with Crippen molar-refractivity contribution in [1.29, 1.82) is 0 Å². The standard InChI is InChI=1S/C19H27N5O.2ClH/c1-23(17-8-11-20-12-9-17)15-19(25)22-18(14-24-13-5-10-21-24)16-6-3-2-4-7-16;;/h2-7,10,13,17-18,20H,8-9,11-12,14-15H2,1H3,(H,22,25);2*1H. The minimum absolute atomic E-state index is 0. The maximum absolute atomic E-state index is 12.6. The van der Waals surface area contributed by atoms with Crippen LogP contribution in [0.5, 0.6) is 0 Å². The zero-order valence-corrected chi connectivity index (χ0v) is 17.2. The lowest BCUT2D eigenvalue weighted by Gasteiger charge is -2.31. The fourth-order valence-electron chi connectivity index (χ4n) is 3.36. The van der Waals surface area contributed by atoms with E-state index in [4.69, 9.17) is 0 Å². The summed E-state index contributed by atoms with van der Waals surface area (Å²) in [7, 11) is 2.04. The molecule has 1 aromatic carbocycles.